The Hall–Kier alpha value is -3.28. The van der Waals surface area contributed by atoms with Gasteiger partial charge in [-0.2, -0.15) is 8.42 Å². The molecule has 204 valence electrons. The van der Waals surface area contributed by atoms with Gasteiger partial charge in [0, 0.05) is 19.0 Å². The number of hydrogen-bond acceptors (Lipinski definition) is 6. The van der Waals surface area contributed by atoms with E-state index in [9.17, 15) is 27.4 Å². The molecule has 0 saturated carbocycles. The monoisotopic (exact) mass is 542 g/mol. The van der Waals surface area contributed by atoms with Crippen molar-refractivity contribution in [2.75, 3.05) is 13.6 Å². The van der Waals surface area contributed by atoms with Crippen LogP contribution in [-0.4, -0.2) is 73.4 Å². The Morgan fingerprint density at radius 1 is 1.05 bits per heavy atom. The Kier molecular flexibility index (Phi) is 8.49. The minimum Gasteiger partial charge on any atom is -0.351 e. The van der Waals surface area contributed by atoms with E-state index in [4.69, 9.17) is 0 Å². The summed E-state index contributed by atoms with van der Waals surface area (Å²) in [6.45, 7) is 2.07. The number of likely N-dealkylation sites (tertiary alicyclic amines) is 1. The number of carbonyl (C=O) groups is 3. The van der Waals surface area contributed by atoms with Gasteiger partial charge in [-0.15, -0.1) is 0 Å². The van der Waals surface area contributed by atoms with Crippen molar-refractivity contribution in [1.82, 2.24) is 20.9 Å². The molecule has 1 heterocycles. The van der Waals surface area contributed by atoms with Gasteiger partial charge >= 0.3 is 0 Å². The Morgan fingerprint density at radius 2 is 1.68 bits per heavy atom. The molecule has 11 heteroatoms. The summed E-state index contributed by atoms with van der Waals surface area (Å²) in [4.78, 5) is 41.0. The zero-order chi connectivity index (χ0) is 27.4. The predicted molar refractivity (Wildman–Crippen MR) is 141 cm³/mol. The molecule has 10 nitrogen and oxygen atoms in total. The van der Waals surface area contributed by atoms with Crippen LogP contribution in [0, 0.1) is 0 Å². The first-order chi connectivity index (χ1) is 18.1. The van der Waals surface area contributed by atoms with Gasteiger partial charge in [0.25, 0.3) is 10.1 Å². The maximum atomic E-state index is 13.7. The first kappa shape index (κ1) is 27.7. The van der Waals surface area contributed by atoms with Crippen LogP contribution in [0.25, 0.3) is 0 Å². The lowest BCUT2D eigenvalue weighted by atomic mass is 10.0. The topological polar surface area (TPSA) is 145 Å². The van der Waals surface area contributed by atoms with Crippen molar-refractivity contribution in [3.05, 3.63) is 65.2 Å². The molecule has 38 heavy (non-hydrogen) atoms. The lowest BCUT2D eigenvalue weighted by Crippen LogP contribution is -2.56. The van der Waals surface area contributed by atoms with Crippen LogP contribution < -0.4 is 16.0 Å². The average Bonchev–Trinajstić information content (AvgIpc) is 3.54. The Labute approximate surface area is 222 Å². The summed E-state index contributed by atoms with van der Waals surface area (Å²) < 4.78 is 32.0. The minimum atomic E-state index is -4.35. The number of carbonyl (C=O) groups excluding carboxylic acids is 3. The summed E-state index contributed by atoms with van der Waals surface area (Å²) in [6, 6.07) is 11.4. The molecule has 4 N–H and O–H groups in total. The third-order valence-corrected chi connectivity index (χ3v) is 8.21. The molecule has 1 aliphatic carbocycles. The van der Waals surface area contributed by atoms with Gasteiger partial charge in [-0.3, -0.25) is 18.9 Å². The molecule has 2 aromatic rings. The maximum absolute atomic E-state index is 13.7. The molecule has 1 saturated heterocycles. The summed E-state index contributed by atoms with van der Waals surface area (Å²) in [5.74, 6) is -0.933. The summed E-state index contributed by atoms with van der Waals surface area (Å²) in [5.41, 5.74) is 3.04. The number of benzene rings is 2. The van der Waals surface area contributed by atoms with Crippen LogP contribution in [0.4, 0.5) is 0 Å². The fraction of sp³-hybridized carbons (Fsp3) is 0.444. The number of likely N-dealkylation sites (N-methyl/N-ethyl adjacent to an activating group) is 1. The second kappa shape index (κ2) is 11.6. The third kappa shape index (κ3) is 6.40. The van der Waals surface area contributed by atoms with Gasteiger partial charge in [0.15, 0.2) is 0 Å². The van der Waals surface area contributed by atoms with E-state index in [1.807, 2.05) is 12.1 Å². The molecule has 2 aromatic carbocycles. The van der Waals surface area contributed by atoms with E-state index in [2.05, 4.69) is 28.1 Å². The highest BCUT2D eigenvalue weighted by atomic mass is 32.2. The number of amides is 3. The summed E-state index contributed by atoms with van der Waals surface area (Å²) in [7, 11) is -2.72. The van der Waals surface area contributed by atoms with E-state index in [0.29, 0.717) is 24.9 Å². The standard InChI is InChI=1S/C27H34N4O6S/c1-17(28-2)25(32)30-23(14-18-9-11-22(12-10-18)38(35,36)37)27(34)31-13-5-8-24(31)26(33)29-21-15-19-6-3-4-7-20(19)16-21/h3-4,6-7,9-12,17,21,23-24,28H,5,8,13-16H2,1-2H3,(H,29,33)(H,30,32)(H,35,36,37)/t17-,23-,24?/m0/s1. The van der Waals surface area contributed by atoms with Crippen molar-refractivity contribution < 1.29 is 27.4 Å². The lowest BCUT2D eigenvalue weighted by molar-refractivity contribution is -0.141. The van der Waals surface area contributed by atoms with Gasteiger partial charge in [0.1, 0.15) is 12.1 Å². The molecule has 1 unspecified atom stereocenters. The zero-order valence-electron chi connectivity index (χ0n) is 21.5. The van der Waals surface area contributed by atoms with Crippen LogP contribution in [0.3, 0.4) is 0 Å². The lowest BCUT2D eigenvalue weighted by Gasteiger charge is -2.30. The molecule has 1 aliphatic heterocycles. The van der Waals surface area contributed by atoms with Crippen LogP contribution in [0.2, 0.25) is 0 Å². The molecule has 0 spiro atoms. The molecule has 0 radical (unpaired) electrons. The van der Waals surface area contributed by atoms with E-state index in [1.54, 1.807) is 18.9 Å². The van der Waals surface area contributed by atoms with Gasteiger partial charge in [-0.25, -0.2) is 0 Å². The molecular weight excluding hydrogens is 508 g/mol. The van der Waals surface area contributed by atoms with Crippen LogP contribution in [0.1, 0.15) is 36.5 Å². The van der Waals surface area contributed by atoms with Crippen molar-refractivity contribution in [3.63, 3.8) is 0 Å². The van der Waals surface area contributed by atoms with Crippen LogP contribution in [0.5, 0.6) is 0 Å². The van der Waals surface area contributed by atoms with E-state index >= 15 is 0 Å². The minimum absolute atomic E-state index is 0.0225. The molecule has 1 fully saturated rings. The number of hydrogen-bond donors (Lipinski definition) is 4. The highest BCUT2D eigenvalue weighted by Crippen LogP contribution is 2.24. The largest absolute Gasteiger partial charge is 0.351 e. The van der Waals surface area contributed by atoms with E-state index in [1.165, 1.54) is 35.4 Å². The van der Waals surface area contributed by atoms with Crippen LogP contribution in [0.15, 0.2) is 53.4 Å². The van der Waals surface area contributed by atoms with Crippen molar-refractivity contribution in [1.29, 1.82) is 0 Å². The van der Waals surface area contributed by atoms with Gasteiger partial charge in [-0.1, -0.05) is 36.4 Å². The van der Waals surface area contributed by atoms with Gasteiger partial charge in [-0.05, 0) is 68.5 Å². The number of fused-ring (bicyclic) bond motifs is 1. The highest BCUT2D eigenvalue weighted by molar-refractivity contribution is 7.85. The van der Waals surface area contributed by atoms with E-state index in [-0.39, 0.29) is 35.1 Å². The zero-order valence-corrected chi connectivity index (χ0v) is 22.3. The molecule has 3 amide bonds. The first-order valence-corrected chi connectivity index (χ1v) is 14.2. The van der Waals surface area contributed by atoms with Crippen molar-refractivity contribution in [2.45, 2.75) is 68.1 Å². The Morgan fingerprint density at radius 3 is 2.26 bits per heavy atom. The molecule has 3 atom stereocenters. The Balaban J connectivity index is 1.48. The Bertz CT molecular complexity index is 1270. The fourth-order valence-electron chi connectivity index (χ4n) is 5.12. The van der Waals surface area contributed by atoms with Crippen molar-refractivity contribution in [3.8, 4) is 0 Å². The average molecular weight is 543 g/mol. The molecule has 0 bridgehead atoms. The third-order valence-electron chi connectivity index (χ3n) is 7.34. The predicted octanol–water partition coefficient (Wildman–Crippen LogP) is 0.843. The smallest absolute Gasteiger partial charge is 0.294 e. The quantitative estimate of drug-likeness (QED) is 0.344. The summed E-state index contributed by atoms with van der Waals surface area (Å²) >= 11 is 0. The normalized spacial score (nSPS) is 19.0. The number of nitrogens with one attached hydrogen (secondary N) is 3. The maximum Gasteiger partial charge on any atom is 0.294 e. The van der Waals surface area contributed by atoms with Gasteiger partial charge in [0.2, 0.25) is 17.7 Å². The first-order valence-electron chi connectivity index (χ1n) is 12.8. The second-order valence-corrected chi connectivity index (χ2v) is 11.4. The number of rotatable bonds is 9. The SMILES string of the molecule is CN[C@@H](C)C(=O)N[C@@H](Cc1ccc(S(=O)(=O)O)cc1)C(=O)N1CCCC1C(=O)NC1Cc2ccccc2C1. The van der Waals surface area contributed by atoms with Crippen LogP contribution in [-0.2, 0) is 43.8 Å². The molecule has 2 aliphatic rings. The van der Waals surface area contributed by atoms with E-state index < -0.39 is 28.2 Å². The fourth-order valence-corrected chi connectivity index (χ4v) is 5.60. The molecule has 4 rings (SSSR count). The van der Waals surface area contributed by atoms with Crippen LogP contribution >= 0.6 is 0 Å². The second-order valence-electron chi connectivity index (χ2n) is 9.97. The number of nitrogens with zero attached hydrogens (tertiary/aromatic N) is 1. The molecule has 0 aromatic heterocycles. The highest BCUT2D eigenvalue weighted by Gasteiger charge is 2.39. The van der Waals surface area contributed by atoms with E-state index in [0.717, 1.165) is 12.8 Å². The van der Waals surface area contributed by atoms with Crippen molar-refractivity contribution >= 4 is 27.8 Å². The van der Waals surface area contributed by atoms with Gasteiger partial charge in [0.05, 0.1) is 10.9 Å². The van der Waals surface area contributed by atoms with Gasteiger partial charge < -0.3 is 20.9 Å². The van der Waals surface area contributed by atoms with Crippen molar-refractivity contribution in [2.24, 2.45) is 0 Å². The summed E-state index contributed by atoms with van der Waals surface area (Å²) in [5, 5.41) is 8.76. The molecular formula is C27H34N4O6S. The summed E-state index contributed by atoms with van der Waals surface area (Å²) in [6.07, 6.45) is 2.81.